The second-order valence-corrected chi connectivity index (χ2v) is 12.3. The zero-order valence-electron chi connectivity index (χ0n) is 15.9. The predicted octanol–water partition coefficient (Wildman–Crippen LogP) is 5.59. The Hall–Kier alpha value is -1.56. The molecule has 1 aromatic heterocycles. The molecule has 1 rings (SSSR count). The smallest absolute Gasteiger partial charge is 0.412 e. The Morgan fingerprint density at radius 3 is 2.46 bits per heavy atom. The maximum absolute atomic E-state index is 11.7. The first-order chi connectivity index (χ1) is 11.2. The molecule has 0 aliphatic heterocycles. The Morgan fingerprint density at radius 2 is 1.92 bits per heavy atom. The highest BCUT2D eigenvalue weighted by Gasteiger charge is 2.38. The van der Waals surface area contributed by atoms with Crippen LogP contribution in [0.4, 0.5) is 10.6 Å². The molecule has 0 fully saturated rings. The first-order valence-electron chi connectivity index (χ1n) is 8.74. The van der Waals surface area contributed by atoms with Crippen LogP contribution in [0.2, 0.25) is 18.1 Å². The molecular weight excluding hydrogens is 320 g/mol. The van der Waals surface area contributed by atoms with Crippen molar-refractivity contribution in [3.05, 3.63) is 18.3 Å². The van der Waals surface area contributed by atoms with Crippen LogP contribution in [0.15, 0.2) is 18.3 Å². The van der Waals surface area contributed by atoms with Gasteiger partial charge in [0.05, 0.1) is 12.8 Å². The quantitative estimate of drug-likeness (QED) is 0.489. The van der Waals surface area contributed by atoms with Gasteiger partial charge in [0.15, 0.2) is 0 Å². The molecule has 0 spiro atoms. The maximum atomic E-state index is 11.7. The molecule has 1 aromatic rings. The lowest BCUT2D eigenvalue weighted by atomic mass is 10.2. The molecule has 0 unspecified atom stereocenters. The number of hydrogen-bond acceptors (Lipinski definition) is 4. The molecule has 136 valence electrons. The predicted molar refractivity (Wildman–Crippen MR) is 101 cm³/mol. The molecule has 1 heterocycles. The third-order valence-electron chi connectivity index (χ3n) is 4.38. The fourth-order valence-corrected chi connectivity index (χ4v) is 2.81. The molecule has 6 heteroatoms. The van der Waals surface area contributed by atoms with Crippen LogP contribution in [0.1, 0.15) is 53.4 Å². The number of nitrogens with one attached hydrogen (secondary N) is 1. The highest BCUT2D eigenvalue weighted by molar-refractivity contribution is 6.74. The number of amides is 1. The maximum Gasteiger partial charge on any atom is 0.412 e. The summed E-state index contributed by atoms with van der Waals surface area (Å²) >= 11 is 0. The van der Waals surface area contributed by atoms with E-state index in [2.05, 4.69) is 51.1 Å². The molecule has 0 saturated carbocycles. The first-order valence-corrected chi connectivity index (χ1v) is 11.7. The van der Waals surface area contributed by atoms with Crippen LogP contribution < -0.4 is 9.74 Å². The van der Waals surface area contributed by atoms with Gasteiger partial charge in [-0.05, 0) is 36.7 Å². The van der Waals surface area contributed by atoms with Gasteiger partial charge in [-0.2, -0.15) is 0 Å². The third-order valence-corrected chi connectivity index (χ3v) is 8.74. The van der Waals surface area contributed by atoms with Crippen molar-refractivity contribution in [2.45, 2.75) is 71.5 Å². The summed E-state index contributed by atoms with van der Waals surface area (Å²) in [4.78, 5) is 15.9. The van der Waals surface area contributed by atoms with E-state index in [4.69, 9.17) is 9.16 Å². The number of hydrogen-bond donors (Lipinski definition) is 1. The number of rotatable bonds is 8. The first kappa shape index (κ1) is 20.5. The Morgan fingerprint density at radius 1 is 1.21 bits per heavy atom. The van der Waals surface area contributed by atoms with Crippen molar-refractivity contribution in [3.8, 4) is 5.75 Å². The summed E-state index contributed by atoms with van der Waals surface area (Å²) in [6, 6.07) is 3.57. The summed E-state index contributed by atoms with van der Waals surface area (Å²) in [5.41, 5.74) is 0. The summed E-state index contributed by atoms with van der Waals surface area (Å²) in [5.74, 6) is 1.20. The lowest BCUT2D eigenvalue weighted by Gasteiger charge is -2.36. The summed E-state index contributed by atoms with van der Waals surface area (Å²) in [7, 11) is -1.88. The van der Waals surface area contributed by atoms with Gasteiger partial charge in [0, 0.05) is 0 Å². The van der Waals surface area contributed by atoms with Gasteiger partial charge in [-0.15, -0.1) is 0 Å². The van der Waals surface area contributed by atoms with Crippen molar-refractivity contribution >= 4 is 20.2 Å². The van der Waals surface area contributed by atoms with Crippen molar-refractivity contribution in [3.63, 3.8) is 0 Å². The van der Waals surface area contributed by atoms with Gasteiger partial charge >= 0.3 is 6.09 Å². The van der Waals surface area contributed by atoms with E-state index < -0.39 is 14.4 Å². The van der Waals surface area contributed by atoms with Crippen LogP contribution in [0.5, 0.6) is 5.75 Å². The molecule has 0 aliphatic carbocycles. The molecule has 0 atom stereocenters. The van der Waals surface area contributed by atoms with Crippen LogP contribution in [-0.2, 0) is 4.74 Å². The zero-order valence-corrected chi connectivity index (χ0v) is 16.9. The standard InChI is InChI=1S/C18H32N2O3Si/c1-7-8-9-10-13-22-17(21)20-16-12-11-15(14-19-16)23-24(5,6)18(2,3)4/h11-12,14H,7-10,13H2,1-6H3,(H,19,20,21). The third kappa shape index (κ3) is 6.91. The Kier molecular flexibility index (Phi) is 7.73. The van der Waals surface area contributed by atoms with E-state index >= 15 is 0 Å². The highest BCUT2D eigenvalue weighted by Crippen LogP contribution is 2.37. The Balaban J connectivity index is 2.46. The fraction of sp³-hybridized carbons (Fsp3) is 0.667. The second kappa shape index (κ2) is 9.06. The summed E-state index contributed by atoms with van der Waals surface area (Å²) in [6.45, 7) is 13.6. The number of nitrogens with zero attached hydrogens (tertiary/aromatic N) is 1. The van der Waals surface area contributed by atoms with Gasteiger partial charge in [0.1, 0.15) is 11.6 Å². The van der Waals surface area contributed by atoms with Gasteiger partial charge < -0.3 is 9.16 Å². The van der Waals surface area contributed by atoms with E-state index in [1.54, 1.807) is 12.3 Å². The molecule has 0 radical (unpaired) electrons. The second-order valence-electron chi connectivity index (χ2n) is 7.56. The number of aromatic nitrogens is 1. The average Bonchev–Trinajstić information content (AvgIpc) is 2.47. The number of anilines is 1. The number of pyridine rings is 1. The van der Waals surface area contributed by atoms with Gasteiger partial charge in [0.25, 0.3) is 8.32 Å². The fourth-order valence-electron chi connectivity index (χ4n) is 1.80. The van der Waals surface area contributed by atoms with Crippen LogP contribution in [0.25, 0.3) is 0 Å². The van der Waals surface area contributed by atoms with Gasteiger partial charge in [0.2, 0.25) is 0 Å². The molecule has 0 aromatic carbocycles. The van der Waals surface area contributed by atoms with Crippen LogP contribution in [-0.4, -0.2) is 26.0 Å². The lowest BCUT2D eigenvalue weighted by molar-refractivity contribution is 0.159. The van der Waals surface area contributed by atoms with Crippen molar-refractivity contribution in [2.75, 3.05) is 11.9 Å². The minimum Gasteiger partial charge on any atom is -0.542 e. The minimum absolute atomic E-state index is 0.130. The van der Waals surface area contributed by atoms with Gasteiger partial charge in [-0.3, -0.25) is 5.32 Å². The molecule has 24 heavy (non-hydrogen) atoms. The molecule has 1 amide bonds. The molecule has 5 nitrogen and oxygen atoms in total. The van der Waals surface area contributed by atoms with Gasteiger partial charge in [-0.25, -0.2) is 9.78 Å². The molecule has 0 aliphatic rings. The normalized spacial score (nSPS) is 11.9. The summed E-state index contributed by atoms with van der Waals surface area (Å²) in [6.07, 6.45) is 5.51. The van der Waals surface area contributed by atoms with E-state index in [1.807, 2.05) is 6.07 Å². The van der Waals surface area contributed by atoms with Crippen molar-refractivity contribution in [1.82, 2.24) is 4.98 Å². The lowest BCUT2D eigenvalue weighted by Crippen LogP contribution is -2.43. The average molecular weight is 353 g/mol. The molecule has 0 bridgehead atoms. The van der Waals surface area contributed by atoms with E-state index in [1.165, 1.54) is 12.8 Å². The number of carbonyl (C=O) groups excluding carboxylic acids is 1. The number of unbranched alkanes of at least 4 members (excludes halogenated alkanes) is 3. The molecule has 1 N–H and O–H groups in total. The number of ether oxygens (including phenoxy) is 1. The monoisotopic (exact) mass is 352 g/mol. The van der Waals surface area contributed by atoms with Crippen LogP contribution in [0.3, 0.4) is 0 Å². The van der Waals surface area contributed by atoms with Crippen molar-refractivity contribution in [1.29, 1.82) is 0 Å². The van der Waals surface area contributed by atoms with Crippen molar-refractivity contribution in [2.24, 2.45) is 0 Å². The highest BCUT2D eigenvalue weighted by atomic mass is 28.4. The zero-order chi connectivity index (χ0) is 18.2. The van der Waals surface area contributed by atoms with E-state index in [0.717, 1.165) is 18.6 Å². The van der Waals surface area contributed by atoms with Crippen LogP contribution >= 0.6 is 0 Å². The SMILES string of the molecule is CCCCCCOC(=O)Nc1ccc(O[Si](C)(C)C(C)(C)C)cn1. The van der Waals surface area contributed by atoms with Gasteiger partial charge in [-0.1, -0.05) is 47.0 Å². The Bertz CT molecular complexity index is 510. The van der Waals surface area contributed by atoms with E-state index in [9.17, 15) is 4.79 Å². The topological polar surface area (TPSA) is 60.5 Å². The van der Waals surface area contributed by atoms with E-state index in [-0.39, 0.29) is 5.04 Å². The largest absolute Gasteiger partial charge is 0.542 e. The Labute approximate surface area is 147 Å². The van der Waals surface area contributed by atoms with Crippen LogP contribution in [0, 0.1) is 0 Å². The molecular formula is C18H32N2O3Si. The minimum atomic E-state index is -1.88. The van der Waals surface area contributed by atoms with Crippen molar-refractivity contribution < 1.29 is 14.0 Å². The summed E-state index contributed by atoms with van der Waals surface area (Å²) < 4.78 is 11.3. The molecule has 0 saturated heterocycles. The number of carbonyl (C=O) groups is 1. The van der Waals surface area contributed by atoms with E-state index in [0.29, 0.717) is 12.4 Å². The summed E-state index contributed by atoms with van der Waals surface area (Å²) in [5, 5.41) is 2.77.